The number of fused-ring (bicyclic) bond motifs is 1. The lowest BCUT2D eigenvalue weighted by atomic mass is 10.2. The van der Waals surface area contributed by atoms with E-state index < -0.39 is 0 Å². The standard InChI is InChI=1S/C25H28ClN7O2.C2H6/c26-16-3-5-19(6-4-16)32-22-23(27)28-15-29-24(22)33(25(32)35)20-11-13-30(14-20)21(34)2-1-12-31(17-7-8-17)18-9-10-18;1-2/h1-6,15,17-18,20H,7-14H2,(H2,27,28,29);1-2H3/b2-1+;. The Morgan fingerprint density at radius 3 is 2.43 bits per heavy atom. The molecule has 3 aromatic rings. The van der Waals surface area contributed by atoms with Crippen LogP contribution in [0.2, 0.25) is 5.02 Å². The van der Waals surface area contributed by atoms with Crippen LogP contribution in [0.3, 0.4) is 0 Å². The van der Waals surface area contributed by atoms with Crippen LogP contribution in [0, 0.1) is 0 Å². The van der Waals surface area contributed by atoms with Gasteiger partial charge in [0.15, 0.2) is 11.5 Å². The van der Waals surface area contributed by atoms with E-state index in [1.165, 1.54) is 36.6 Å². The van der Waals surface area contributed by atoms with Crippen molar-refractivity contribution in [2.45, 2.75) is 64.1 Å². The minimum Gasteiger partial charge on any atom is -0.382 e. The van der Waals surface area contributed by atoms with Crippen LogP contribution in [0.4, 0.5) is 5.82 Å². The Morgan fingerprint density at radius 1 is 1.11 bits per heavy atom. The van der Waals surface area contributed by atoms with Crippen LogP contribution in [0.1, 0.15) is 52.0 Å². The molecule has 3 fully saturated rings. The Hall–Kier alpha value is -3.17. The van der Waals surface area contributed by atoms with E-state index >= 15 is 0 Å². The van der Waals surface area contributed by atoms with E-state index in [0.29, 0.717) is 53.5 Å². The molecule has 1 amide bonds. The monoisotopic (exact) mass is 523 g/mol. The Balaban J connectivity index is 0.00000137. The second kappa shape index (κ2) is 10.7. The summed E-state index contributed by atoms with van der Waals surface area (Å²) in [6, 6.07) is 8.20. The van der Waals surface area contributed by atoms with Gasteiger partial charge in [0.2, 0.25) is 5.91 Å². The molecule has 2 saturated carbocycles. The van der Waals surface area contributed by atoms with Crippen LogP contribution in [-0.4, -0.2) is 66.5 Å². The molecule has 1 aromatic carbocycles. The zero-order chi connectivity index (χ0) is 26.1. The maximum Gasteiger partial charge on any atom is 0.335 e. The average molecular weight is 524 g/mol. The Labute approximate surface area is 221 Å². The number of benzene rings is 1. The second-order valence-corrected chi connectivity index (χ2v) is 10.1. The van der Waals surface area contributed by atoms with Gasteiger partial charge in [-0.1, -0.05) is 31.5 Å². The number of nitrogens with zero attached hydrogens (tertiary/aromatic N) is 6. The molecule has 2 N–H and O–H groups in total. The number of likely N-dealkylation sites (tertiary alicyclic amines) is 1. The summed E-state index contributed by atoms with van der Waals surface area (Å²) in [4.78, 5) is 39.4. The Morgan fingerprint density at radius 2 is 1.78 bits per heavy atom. The largest absolute Gasteiger partial charge is 0.382 e. The zero-order valence-electron chi connectivity index (χ0n) is 21.4. The molecule has 1 aliphatic heterocycles. The molecule has 6 rings (SSSR count). The summed E-state index contributed by atoms with van der Waals surface area (Å²) in [5, 5.41) is 0.574. The van der Waals surface area contributed by atoms with Crippen molar-refractivity contribution in [3.63, 3.8) is 0 Å². The molecule has 37 heavy (non-hydrogen) atoms. The number of aromatic nitrogens is 4. The number of carbonyl (C=O) groups excluding carboxylic acids is 1. The molecule has 3 heterocycles. The predicted molar refractivity (Wildman–Crippen MR) is 146 cm³/mol. The van der Waals surface area contributed by atoms with Gasteiger partial charge in [0.1, 0.15) is 11.8 Å². The Kier molecular flexibility index (Phi) is 7.35. The van der Waals surface area contributed by atoms with Crippen molar-refractivity contribution >= 4 is 34.5 Å². The fraction of sp³-hybridized carbons (Fsp3) is 0.481. The highest BCUT2D eigenvalue weighted by Gasteiger charge is 2.38. The first kappa shape index (κ1) is 25.5. The molecule has 196 valence electrons. The molecule has 1 atom stereocenters. The number of imidazole rings is 1. The van der Waals surface area contributed by atoms with Crippen LogP contribution < -0.4 is 11.4 Å². The van der Waals surface area contributed by atoms with Crippen LogP contribution >= 0.6 is 11.6 Å². The minimum atomic E-state index is -0.256. The number of halogens is 1. The molecular formula is C27H34ClN7O2. The zero-order valence-corrected chi connectivity index (χ0v) is 22.1. The molecule has 2 aromatic heterocycles. The van der Waals surface area contributed by atoms with E-state index in [-0.39, 0.29) is 23.5 Å². The summed E-state index contributed by atoms with van der Waals surface area (Å²) in [6.45, 7) is 5.87. The summed E-state index contributed by atoms with van der Waals surface area (Å²) in [7, 11) is 0. The van der Waals surface area contributed by atoms with Gasteiger partial charge >= 0.3 is 5.69 Å². The van der Waals surface area contributed by atoms with Crippen LogP contribution in [-0.2, 0) is 4.79 Å². The number of nitrogens with two attached hydrogens (primary N) is 1. The SMILES string of the molecule is CC.Nc1ncnc2c1n(-c1ccc(Cl)cc1)c(=O)n2C1CCN(C(=O)/C=C/CN(C2CC2)C2CC2)C1. The number of anilines is 1. The third-order valence-corrected chi connectivity index (χ3v) is 7.47. The molecule has 1 saturated heterocycles. The van der Waals surface area contributed by atoms with Crippen LogP contribution in [0.5, 0.6) is 0 Å². The summed E-state index contributed by atoms with van der Waals surface area (Å²) in [5.41, 5.74) is 7.49. The molecule has 0 radical (unpaired) electrons. The summed E-state index contributed by atoms with van der Waals surface area (Å²) in [5.74, 6) is 0.216. The van der Waals surface area contributed by atoms with E-state index in [2.05, 4.69) is 14.9 Å². The normalized spacial score (nSPS) is 19.6. The Bertz CT molecular complexity index is 1340. The fourth-order valence-electron chi connectivity index (χ4n) is 5.17. The summed E-state index contributed by atoms with van der Waals surface area (Å²) >= 11 is 6.05. The van der Waals surface area contributed by atoms with Gasteiger partial charge in [-0.05, 0) is 56.4 Å². The van der Waals surface area contributed by atoms with E-state index in [1.54, 1.807) is 34.9 Å². The topological polar surface area (TPSA) is 102 Å². The predicted octanol–water partition coefficient (Wildman–Crippen LogP) is 3.80. The molecule has 0 bridgehead atoms. The van der Waals surface area contributed by atoms with E-state index in [0.717, 1.165) is 6.54 Å². The summed E-state index contributed by atoms with van der Waals surface area (Å²) in [6.07, 6.45) is 10.8. The first-order valence-electron chi connectivity index (χ1n) is 13.2. The molecule has 3 aliphatic rings. The van der Waals surface area contributed by atoms with Crippen molar-refractivity contribution < 1.29 is 4.79 Å². The number of nitrogen functional groups attached to an aromatic ring is 1. The molecule has 2 aliphatic carbocycles. The van der Waals surface area contributed by atoms with Crippen molar-refractivity contribution in [3.8, 4) is 5.69 Å². The maximum atomic E-state index is 13.6. The van der Waals surface area contributed by atoms with Gasteiger partial charge in [-0.25, -0.2) is 14.8 Å². The molecule has 10 heteroatoms. The van der Waals surface area contributed by atoms with Gasteiger partial charge in [-0.3, -0.25) is 18.8 Å². The van der Waals surface area contributed by atoms with Gasteiger partial charge in [-0.15, -0.1) is 0 Å². The fourth-order valence-corrected chi connectivity index (χ4v) is 5.29. The quantitative estimate of drug-likeness (QED) is 0.472. The number of amides is 1. The lowest BCUT2D eigenvalue weighted by Crippen LogP contribution is -2.31. The maximum absolute atomic E-state index is 13.6. The van der Waals surface area contributed by atoms with Crippen LogP contribution in [0.25, 0.3) is 16.9 Å². The van der Waals surface area contributed by atoms with Crippen molar-refractivity contribution in [3.05, 3.63) is 58.3 Å². The first-order valence-corrected chi connectivity index (χ1v) is 13.6. The molecule has 1 unspecified atom stereocenters. The lowest BCUT2D eigenvalue weighted by Gasteiger charge is -2.19. The van der Waals surface area contributed by atoms with E-state index in [1.807, 2.05) is 24.8 Å². The highest BCUT2D eigenvalue weighted by Crippen LogP contribution is 2.37. The smallest absolute Gasteiger partial charge is 0.335 e. The highest BCUT2D eigenvalue weighted by molar-refractivity contribution is 6.30. The number of hydrogen-bond donors (Lipinski definition) is 1. The minimum absolute atomic E-state index is 0.0114. The number of carbonyl (C=O) groups is 1. The van der Waals surface area contributed by atoms with Crippen LogP contribution in [0.15, 0.2) is 47.5 Å². The van der Waals surface area contributed by atoms with Crippen molar-refractivity contribution in [1.29, 1.82) is 0 Å². The molecule has 0 spiro atoms. The van der Waals surface area contributed by atoms with E-state index in [9.17, 15) is 9.59 Å². The third-order valence-electron chi connectivity index (χ3n) is 7.21. The van der Waals surface area contributed by atoms with Gasteiger partial charge in [0, 0.05) is 42.8 Å². The van der Waals surface area contributed by atoms with Gasteiger partial charge in [0.25, 0.3) is 0 Å². The van der Waals surface area contributed by atoms with Crippen molar-refractivity contribution in [2.75, 3.05) is 25.4 Å². The number of rotatable bonds is 7. The molecule has 9 nitrogen and oxygen atoms in total. The lowest BCUT2D eigenvalue weighted by molar-refractivity contribution is -0.125. The highest BCUT2D eigenvalue weighted by atomic mass is 35.5. The third kappa shape index (κ3) is 5.15. The summed E-state index contributed by atoms with van der Waals surface area (Å²) < 4.78 is 3.18. The van der Waals surface area contributed by atoms with Crippen molar-refractivity contribution in [2.24, 2.45) is 0 Å². The first-order chi connectivity index (χ1) is 18.0. The van der Waals surface area contributed by atoms with Crippen molar-refractivity contribution in [1.82, 2.24) is 28.9 Å². The number of hydrogen-bond acceptors (Lipinski definition) is 6. The second-order valence-electron chi connectivity index (χ2n) is 9.68. The van der Waals surface area contributed by atoms with Gasteiger partial charge in [0.05, 0.1) is 11.7 Å². The van der Waals surface area contributed by atoms with E-state index in [4.69, 9.17) is 17.3 Å². The van der Waals surface area contributed by atoms with Gasteiger partial charge < -0.3 is 10.6 Å². The average Bonchev–Trinajstić information content (AvgIpc) is 3.84. The molecular weight excluding hydrogens is 490 g/mol. The van der Waals surface area contributed by atoms with Gasteiger partial charge in [-0.2, -0.15) is 0 Å².